The fraction of sp³-hybridized carbons (Fsp3) is 0.450. The molecule has 0 spiro atoms. The van der Waals surface area contributed by atoms with Gasteiger partial charge < -0.3 is 19.2 Å². The Hall–Kier alpha value is -1.98. The van der Waals surface area contributed by atoms with E-state index in [1.807, 2.05) is 24.3 Å². The summed E-state index contributed by atoms with van der Waals surface area (Å²) in [6.45, 7) is 0. The Morgan fingerprint density at radius 3 is 2.65 bits per heavy atom. The Morgan fingerprint density at radius 1 is 1.12 bits per heavy atom. The number of carbonyl (C=O) groups is 1. The van der Waals surface area contributed by atoms with E-state index in [0.717, 1.165) is 24.2 Å². The second-order valence-electron chi connectivity index (χ2n) is 7.31. The number of piperidine rings is 1. The Labute approximate surface area is 158 Å². The SMILES string of the molecule is Cl.O=C1Oc2cc(OC3CC4CCC(C3)N4)ccc2CC1c1ccco1. The quantitative estimate of drug-likeness (QED) is 0.656. The van der Waals surface area contributed by atoms with Gasteiger partial charge >= 0.3 is 5.97 Å². The molecule has 1 aromatic heterocycles. The van der Waals surface area contributed by atoms with Crippen LogP contribution in [0.2, 0.25) is 0 Å². The Bertz CT molecular complexity index is 779. The highest BCUT2D eigenvalue weighted by molar-refractivity contribution is 5.85. The fourth-order valence-electron chi connectivity index (χ4n) is 4.35. The predicted octanol–water partition coefficient (Wildman–Crippen LogP) is 3.61. The van der Waals surface area contributed by atoms with Gasteiger partial charge in [0.2, 0.25) is 0 Å². The van der Waals surface area contributed by atoms with Crippen molar-refractivity contribution in [2.75, 3.05) is 0 Å². The average molecular weight is 376 g/mol. The van der Waals surface area contributed by atoms with Crippen LogP contribution in [0.15, 0.2) is 41.0 Å². The van der Waals surface area contributed by atoms with Gasteiger partial charge in [-0.3, -0.25) is 4.79 Å². The van der Waals surface area contributed by atoms with Crippen molar-refractivity contribution >= 4 is 18.4 Å². The number of halogens is 1. The second kappa shape index (κ2) is 6.97. The summed E-state index contributed by atoms with van der Waals surface area (Å²) >= 11 is 0. The first kappa shape index (κ1) is 17.4. The molecule has 3 aliphatic rings. The minimum Gasteiger partial charge on any atom is -0.490 e. The molecule has 1 N–H and O–H groups in total. The van der Waals surface area contributed by atoms with Crippen molar-refractivity contribution in [3.05, 3.63) is 47.9 Å². The summed E-state index contributed by atoms with van der Waals surface area (Å²) in [7, 11) is 0. The summed E-state index contributed by atoms with van der Waals surface area (Å²) in [5, 5.41) is 3.62. The third-order valence-electron chi connectivity index (χ3n) is 5.58. The van der Waals surface area contributed by atoms with E-state index in [9.17, 15) is 4.79 Å². The molecule has 0 aliphatic carbocycles. The van der Waals surface area contributed by atoms with Crippen LogP contribution in [0.1, 0.15) is 42.9 Å². The molecule has 4 heterocycles. The van der Waals surface area contributed by atoms with E-state index in [0.29, 0.717) is 30.0 Å². The van der Waals surface area contributed by atoms with Gasteiger partial charge in [-0.05, 0) is 55.9 Å². The summed E-state index contributed by atoms with van der Waals surface area (Å²) in [5.74, 6) is 1.42. The molecule has 2 fully saturated rings. The van der Waals surface area contributed by atoms with Crippen LogP contribution in [0.25, 0.3) is 0 Å². The second-order valence-corrected chi connectivity index (χ2v) is 7.31. The van der Waals surface area contributed by atoms with Crippen LogP contribution < -0.4 is 14.8 Å². The molecule has 3 aliphatic heterocycles. The number of carbonyl (C=O) groups excluding carboxylic acids is 1. The summed E-state index contributed by atoms with van der Waals surface area (Å²) in [6, 6.07) is 10.6. The van der Waals surface area contributed by atoms with Gasteiger partial charge in [-0.25, -0.2) is 0 Å². The minimum atomic E-state index is -0.366. The Balaban J connectivity index is 0.00000168. The van der Waals surface area contributed by atoms with Crippen molar-refractivity contribution < 1.29 is 18.7 Å². The Kier molecular flexibility index (Phi) is 4.67. The fourth-order valence-corrected chi connectivity index (χ4v) is 4.35. The van der Waals surface area contributed by atoms with E-state index < -0.39 is 0 Å². The maximum atomic E-state index is 12.3. The number of furan rings is 1. The molecule has 0 saturated carbocycles. The van der Waals surface area contributed by atoms with E-state index in [1.165, 1.54) is 12.8 Å². The van der Waals surface area contributed by atoms with Gasteiger partial charge in [-0.2, -0.15) is 0 Å². The molecule has 6 heteroatoms. The van der Waals surface area contributed by atoms with Crippen LogP contribution >= 0.6 is 12.4 Å². The maximum Gasteiger partial charge on any atom is 0.322 e. The van der Waals surface area contributed by atoms with Crippen LogP contribution in [-0.4, -0.2) is 24.2 Å². The maximum absolute atomic E-state index is 12.3. The van der Waals surface area contributed by atoms with Gasteiger partial charge in [-0.1, -0.05) is 6.07 Å². The van der Waals surface area contributed by atoms with E-state index in [4.69, 9.17) is 13.9 Å². The highest BCUT2D eigenvalue weighted by atomic mass is 35.5. The molecule has 138 valence electrons. The largest absolute Gasteiger partial charge is 0.490 e. The summed E-state index contributed by atoms with van der Waals surface area (Å²) in [5.41, 5.74) is 1.01. The number of hydrogen-bond acceptors (Lipinski definition) is 5. The van der Waals surface area contributed by atoms with Crippen LogP contribution in [0.4, 0.5) is 0 Å². The predicted molar refractivity (Wildman–Crippen MR) is 98.1 cm³/mol. The average Bonchev–Trinajstić information content (AvgIpc) is 3.24. The van der Waals surface area contributed by atoms with Crippen LogP contribution in [0, 0.1) is 0 Å². The lowest BCUT2D eigenvalue weighted by molar-refractivity contribution is -0.137. The van der Waals surface area contributed by atoms with E-state index in [-0.39, 0.29) is 30.4 Å². The van der Waals surface area contributed by atoms with Crippen LogP contribution in [-0.2, 0) is 11.2 Å². The summed E-state index contributed by atoms with van der Waals surface area (Å²) < 4.78 is 17.1. The first-order chi connectivity index (χ1) is 12.2. The van der Waals surface area contributed by atoms with Crippen molar-refractivity contribution in [3.63, 3.8) is 0 Å². The monoisotopic (exact) mass is 375 g/mol. The number of fused-ring (bicyclic) bond motifs is 3. The van der Waals surface area contributed by atoms with Gasteiger partial charge in [0.15, 0.2) is 0 Å². The lowest BCUT2D eigenvalue weighted by Gasteiger charge is -2.30. The summed E-state index contributed by atoms with van der Waals surface area (Å²) in [6.07, 6.45) is 7.02. The van der Waals surface area contributed by atoms with Crippen molar-refractivity contribution in [3.8, 4) is 11.5 Å². The number of benzene rings is 1. The van der Waals surface area contributed by atoms with Crippen molar-refractivity contribution in [1.82, 2.24) is 5.32 Å². The van der Waals surface area contributed by atoms with Gasteiger partial charge in [0.25, 0.3) is 0 Å². The molecule has 1 aromatic carbocycles. The molecule has 2 bridgehead atoms. The number of ether oxygens (including phenoxy) is 2. The first-order valence-electron chi connectivity index (χ1n) is 9.05. The number of esters is 1. The lowest BCUT2D eigenvalue weighted by atomic mass is 9.94. The zero-order valence-electron chi connectivity index (χ0n) is 14.4. The third-order valence-corrected chi connectivity index (χ3v) is 5.58. The molecule has 3 atom stereocenters. The van der Waals surface area contributed by atoms with Crippen molar-refractivity contribution in [2.24, 2.45) is 0 Å². The zero-order valence-corrected chi connectivity index (χ0v) is 15.2. The summed E-state index contributed by atoms with van der Waals surface area (Å²) in [4.78, 5) is 12.3. The van der Waals surface area contributed by atoms with Gasteiger partial charge in [0.1, 0.15) is 29.3 Å². The van der Waals surface area contributed by atoms with Crippen molar-refractivity contribution in [1.29, 1.82) is 0 Å². The topological polar surface area (TPSA) is 60.7 Å². The number of nitrogens with one attached hydrogen (secondary N) is 1. The van der Waals surface area contributed by atoms with Gasteiger partial charge in [0.05, 0.1) is 6.26 Å². The van der Waals surface area contributed by atoms with Crippen LogP contribution in [0.5, 0.6) is 11.5 Å². The molecule has 2 saturated heterocycles. The molecule has 5 rings (SSSR count). The third kappa shape index (κ3) is 3.21. The van der Waals surface area contributed by atoms with Crippen molar-refractivity contribution in [2.45, 2.75) is 56.2 Å². The Morgan fingerprint density at radius 2 is 1.92 bits per heavy atom. The smallest absolute Gasteiger partial charge is 0.322 e. The number of rotatable bonds is 3. The molecule has 3 unspecified atom stereocenters. The molecular weight excluding hydrogens is 354 g/mol. The molecule has 0 amide bonds. The zero-order chi connectivity index (χ0) is 16.8. The van der Waals surface area contributed by atoms with Gasteiger partial charge in [-0.15, -0.1) is 12.4 Å². The minimum absolute atomic E-state index is 0. The molecule has 26 heavy (non-hydrogen) atoms. The highest BCUT2D eigenvalue weighted by Crippen LogP contribution is 2.37. The standard InChI is InChI=1S/C20H21NO4.ClH/c22-20-17(18-2-1-7-23-18)8-12-3-6-15(11-19(12)25-20)24-16-9-13-4-5-14(10-16)21-13;/h1-3,6-7,11,13-14,16-17,21H,4-5,8-10H2;1H. The normalized spacial score (nSPS) is 29.5. The van der Waals surface area contributed by atoms with E-state index >= 15 is 0 Å². The first-order valence-corrected chi connectivity index (χ1v) is 9.05. The molecule has 0 radical (unpaired) electrons. The van der Waals surface area contributed by atoms with E-state index in [1.54, 1.807) is 12.3 Å². The van der Waals surface area contributed by atoms with Gasteiger partial charge in [0, 0.05) is 18.2 Å². The highest BCUT2D eigenvalue weighted by Gasteiger charge is 2.35. The number of hydrogen-bond donors (Lipinski definition) is 1. The van der Waals surface area contributed by atoms with Crippen LogP contribution in [0.3, 0.4) is 0 Å². The van der Waals surface area contributed by atoms with E-state index in [2.05, 4.69) is 5.32 Å². The molecule has 2 aromatic rings. The molecule has 5 nitrogen and oxygen atoms in total. The lowest BCUT2D eigenvalue weighted by Crippen LogP contribution is -2.42. The molecular formula is C20H22ClNO4.